The fraction of sp³-hybridized carbons (Fsp3) is 0.0435. The number of carbonyl (C=O) groups is 1. The molecule has 152 valence electrons. The van der Waals surface area contributed by atoms with Crippen molar-refractivity contribution < 1.29 is 18.3 Å². The Labute approximate surface area is 176 Å². The van der Waals surface area contributed by atoms with Crippen LogP contribution in [0.2, 0.25) is 0 Å². The predicted octanol–water partition coefficient (Wildman–Crippen LogP) is 4.58. The quantitative estimate of drug-likeness (QED) is 0.496. The second-order valence-corrected chi connectivity index (χ2v) is 6.47. The van der Waals surface area contributed by atoms with Gasteiger partial charge in [-0.3, -0.25) is 4.79 Å². The van der Waals surface area contributed by atoms with Crippen LogP contribution in [0, 0.1) is 17.1 Å². The maximum absolute atomic E-state index is 13.0. The third-order valence-corrected chi connectivity index (χ3v) is 4.29. The van der Waals surface area contributed by atoms with E-state index >= 15 is 0 Å². The number of aromatic nitrogens is 2. The average molecular weight is 414 g/mol. The average Bonchev–Trinajstić information content (AvgIpc) is 3.28. The fourth-order valence-electron chi connectivity index (χ4n) is 2.73. The highest BCUT2D eigenvalue weighted by Gasteiger charge is 2.10. The fourth-order valence-corrected chi connectivity index (χ4v) is 2.73. The van der Waals surface area contributed by atoms with E-state index in [0.717, 1.165) is 0 Å². The number of hydrogen-bond donors (Lipinski definition) is 1. The molecule has 7 nitrogen and oxygen atoms in total. The molecule has 1 heterocycles. The van der Waals surface area contributed by atoms with Gasteiger partial charge in [-0.25, -0.2) is 4.39 Å². The summed E-state index contributed by atoms with van der Waals surface area (Å²) >= 11 is 0. The molecule has 0 bridgehead atoms. The van der Waals surface area contributed by atoms with Crippen molar-refractivity contribution in [2.45, 2.75) is 6.61 Å². The summed E-state index contributed by atoms with van der Waals surface area (Å²) in [7, 11) is 0. The molecule has 1 N–H and O–H groups in total. The van der Waals surface area contributed by atoms with Crippen molar-refractivity contribution in [2.24, 2.45) is 0 Å². The second kappa shape index (κ2) is 8.88. The smallest absolute Gasteiger partial charge is 0.255 e. The minimum Gasteiger partial charge on any atom is -0.484 e. The number of nitriles is 1. The van der Waals surface area contributed by atoms with E-state index in [2.05, 4.69) is 15.5 Å². The summed E-state index contributed by atoms with van der Waals surface area (Å²) in [5, 5.41) is 19.6. The zero-order chi connectivity index (χ0) is 21.6. The van der Waals surface area contributed by atoms with Gasteiger partial charge in [0, 0.05) is 16.8 Å². The molecule has 0 aliphatic rings. The monoisotopic (exact) mass is 414 g/mol. The second-order valence-electron chi connectivity index (χ2n) is 6.47. The van der Waals surface area contributed by atoms with Crippen LogP contribution in [0.5, 0.6) is 5.75 Å². The van der Waals surface area contributed by atoms with Crippen molar-refractivity contribution in [3.8, 4) is 23.3 Å². The van der Waals surface area contributed by atoms with E-state index in [9.17, 15) is 9.18 Å². The van der Waals surface area contributed by atoms with Gasteiger partial charge >= 0.3 is 0 Å². The summed E-state index contributed by atoms with van der Waals surface area (Å²) in [6.07, 6.45) is 0. The van der Waals surface area contributed by atoms with Crippen LogP contribution in [0.3, 0.4) is 0 Å². The predicted molar refractivity (Wildman–Crippen MR) is 110 cm³/mol. The van der Waals surface area contributed by atoms with Crippen molar-refractivity contribution in [2.75, 3.05) is 5.32 Å². The lowest BCUT2D eigenvalue weighted by Gasteiger charge is -2.07. The number of hydrogen-bond acceptors (Lipinski definition) is 6. The Bertz CT molecular complexity index is 1250. The standard InChI is InChI=1S/C23H15FN4O3/c24-18-6-4-16(5-7-18)23-28-27-21(31-23)14-30-20-10-8-19(9-11-20)26-22(29)17-3-1-2-15(12-17)13-25/h1-12H,14H2,(H,26,29). The van der Waals surface area contributed by atoms with E-state index in [1.54, 1.807) is 54.6 Å². The number of rotatable bonds is 6. The van der Waals surface area contributed by atoms with Gasteiger partial charge in [-0.15, -0.1) is 10.2 Å². The van der Waals surface area contributed by atoms with Crippen LogP contribution in [0.4, 0.5) is 10.1 Å². The van der Waals surface area contributed by atoms with Gasteiger partial charge in [-0.1, -0.05) is 6.07 Å². The van der Waals surface area contributed by atoms with E-state index in [4.69, 9.17) is 14.4 Å². The molecule has 4 aromatic rings. The largest absolute Gasteiger partial charge is 0.484 e. The number of benzene rings is 3. The van der Waals surface area contributed by atoms with Gasteiger partial charge in [-0.05, 0) is 66.7 Å². The Morgan fingerprint density at radius 2 is 1.84 bits per heavy atom. The first-order valence-corrected chi connectivity index (χ1v) is 9.23. The molecule has 0 saturated carbocycles. The van der Waals surface area contributed by atoms with Gasteiger partial charge in [0.05, 0.1) is 11.6 Å². The van der Waals surface area contributed by atoms with Gasteiger partial charge in [0.2, 0.25) is 5.89 Å². The number of anilines is 1. The lowest BCUT2D eigenvalue weighted by atomic mass is 10.1. The summed E-state index contributed by atoms with van der Waals surface area (Å²) in [6.45, 7) is 0.0564. The van der Waals surface area contributed by atoms with Crippen LogP contribution in [-0.2, 0) is 6.61 Å². The number of nitrogens with one attached hydrogen (secondary N) is 1. The Morgan fingerprint density at radius 1 is 1.06 bits per heavy atom. The first-order valence-electron chi connectivity index (χ1n) is 9.23. The molecule has 1 aromatic heterocycles. The number of nitrogens with zero attached hydrogens (tertiary/aromatic N) is 3. The highest BCUT2D eigenvalue weighted by atomic mass is 19.1. The Balaban J connectivity index is 1.34. The first-order chi connectivity index (χ1) is 15.1. The highest BCUT2D eigenvalue weighted by molar-refractivity contribution is 6.04. The molecule has 0 aliphatic heterocycles. The summed E-state index contributed by atoms with van der Waals surface area (Å²) in [5.41, 5.74) is 2.00. The molecule has 31 heavy (non-hydrogen) atoms. The Hall–Kier alpha value is -4.51. The Morgan fingerprint density at radius 3 is 2.58 bits per heavy atom. The number of amides is 1. The van der Waals surface area contributed by atoms with Crippen molar-refractivity contribution in [1.82, 2.24) is 10.2 Å². The zero-order valence-electron chi connectivity index (χ0n) is 16.1. The van der Waals surface area contributed by atoms with Crippen LogP contribution in [0.1, 0.15) is 21.8 Å². The third kappa shape index (κ3) is 4.92. The first kappa shape index (κ1) is 19.8. The number of ether oxygens (including phenoxy) is 1. The molecular weight excluding hydrogens is 399 g/mol. The summed E-state index contributed by atoms with van der Waals surface area (Å²) < 4.78 is 24.2. The molecule has 0 saturated heterocycles. The van der Waals surface area contributed by atoms with E-state index < -0.39 is 0 Å². The molecule has 8 heteroatoms. The van der Waals surface area contributed by atoms with E-state index in [-0.39, 0.29) is 30.1 Å². The minimum atomic E-state index is -0.345. The summed E-state index contributed by atoms with van der Waals surface area (Å²) in [5.74, 6) is 0.435. The maximum Gasteiger partial charge on any atom is 0.255 e. The molecule has 0 spiro atoms. The minimum absolute atomic E-state index is 0.0564. The highest BCUT2D eigenvalue weighted by Crippen LogP contribution is 2.20. The molecule has 1 amide bonds. The van der Waals surface area contributed by atoms with Crippen LogP contribution >= 0.6 is 0 Å². The molecule has 0 unspecified atom stereocenters. The normalized spacial score (nSPS) is 10.3. The SMILES string of the molecule is N#Cc1cccc(C(=O)Nc2ccc(OCc3nnc(-c4ccc(F)cc4)o3)cc2)c1. The third-order valence-electron chi connectivity index (χ3n) is 4.29. The van der Waals surface area contributed by atoms with Gasteiger partial charge < -0.3 is 14.5 Å². The van der Waals surface area contributed by atoms with Crippen molar-refractivity contribution in [1.29, 1.82) is 5.26 Å². The maximum atomic E-state index is 13.0. The van der Waals surface area contributed by atoms with E-state index in [1.807, 2.05) is 6.07 Å². The van der Waals surface area contributed by atoms with Crippen molar-refractivity contribution in [3.05, 3.63) is 95.6 Å². The van der Waals surface area contributed by atoms with Crippen LogP contribution in [-0.4, -0.2) is 16.1 Å². The van der Waals surface area contributed by atoms with Crippen LogP contribution in [0.25, 0.3) is 11.5 Å². The number of carbonyl (C=O) groups excluding carboxylic acids is 1. The molecular formula is C23H15FN4O3. The van der Waals surface area contributed by atoms with Crippen LogP contribution in [0.15, 0.2) is 77.2 Å². The van der Waals surface area contributed by atoms with Gasteiger partial charge in [0.25, 0.3) is 11.8 Å². The molecule has 0 fully saturated rings. The summed E-state index contributed by atoms with van der Waals surface area (Å²) in [6, 6.07) is 21.0. The Kier molecular flexibility index (Phi) is 5.67. The molecule has 0 aliphatic carbocycles. The van der Waals surface area contributed by atoms with E-state index in [1.165, 1.54) is 18.2 Å². The van der Waals surface area contributed by atoms with Crippen molar-refractivity contribution in [3.63, 3.8) is 0 Å². The summed E-state index contributed by atoms with van der Waals surface area (Å²) in [4.78, 5) is 12.3. The van der Waals surface area contributed by atoms with E-state index in [0.29, 0.717) is 28.1 Å². The molecule has 0 radical (unpaired) electrons. The number of halogens is 1. The van der Waals surface area contributed by atoms with Gasteiger partial charge in [0.1, 0.15) is 11.6 Å². The zero-order valence-corrected chi connectivity index (χ0v) is 16.1. The molecule has 4 rings (SSSR count). The molecule has 0 atom stereocenters. The lowest BCUT2D eigenvalue weighted by molar-refractivity contribution is 0.102. The van der Waals surface area contributed by atoms with Crippen LogP contribution < -0.4 is 10.1 Å². The van der Waals surface area contributed by atoms with Crippen molar-refractivity contribution >= 4 is 11.6 Å². The lowest BCUT2D eigenvalue weighted by Crippen LogP contribution is -2.11. The topological polar surface area (TPSA) is 101 Å². The van der Waals surface area contributed by atoms with Gasteiger partial charge in [-0.2, -0.15) is 5.26 Å². The van der Waals surface area contributed by atoms with Gasteiger partial charge in [0.15, 0.2) is 6.61 Å². The molecule has 3 aromatic carbocycles.